The molecule has 0 spiro atoms. The molecular weight excluding hydrogens is 432 g/mol. The molecule has 1 unspecified atom stereocenters. The van der Waals surface area contributed by atoms with Gasteiger partial charge in [-0.3, -0.25) is 14.4 Å². The van der Waals surface area contributed by atoms with Gasteiger partial charge in [0, 0.05) is 10.9 Å². The van der Waals surface area contributed by atoms with Gasteiger partial charge >= 0.3 is 0 Å². The molecular formula is C27H22N2O5. The third-order valence-corrected chi connectivity index (χ3v) is 5.77. The van der Waals surface area contributed by atoms with Crippen molar-refractivity contribution in [2.45, 2.75) is 19.9 Å². The SMILES string of the molecule is CCOc1ccc(N2C(=O)c3ccc(C(=O)NC(C)c4cc5ccccc5o4)cc3C2=O)cc1. The van der Waals surface area contributed by atoms with E-state index in [1.165, 1.54) is 12.1 Å². The number of amides is 3. The molecule has 1 atom stereocenters. The number of rotatable bonds is 6. The summed E-state index contributed by atoms with van der Waals surface area (Å²) in [5.41, 5.74) is 1.94. The molecule has 0 saturated carbocycles. The van der Waals surface area contributed by atoms with Crippen molar-refractivity contribution in [1.29, 1.82) is 0 Å². The number of benzene rings is 3. The van der Waals surface area contributed by atoms with Crippen LogP contribution in [0.3, 0.4) is 0 Å². The van der Waals surface area contributed by atoms with Gasteiger partial charge in [0.25, 0.3) is 17.7 Å². The molecule has 3 aromatic carbocycles. The first-order chi connectivity index (χ1) is 16.5. The van der Waals surface area contributed by atoms with Crippen LogP contribution in [-0.4, -0.2) is 24.3 Å². The molecule has 2 heterocycles. The maximum atomic E-state index is 13.1. The van der Waals surface area contributed by atoms with Crippen LogP contribution in [0.5, 0.6) is 5.75 Å². The van der Waals surface area contributed by atoms with Crippen LogP contribution in [-0.2, 0) is 0 Å². The fourth-order valence-corrected chi connectivity index (χ4v) is 4.04. The number of furan rings is 1. The van der Waals surface area contributed by atoms with Crippen molar-refractivity contribution >= 4 is 34.4 Å². The van der Waals surface area contributed by atoms with Crippen LogP contribution in [0.25, 0.3) is 11.0 Å². The van der Waals surface area contributed by atoms with Gasteiger partial charge in [-0.15, -0.1) is 0 Å². The number of anilines is 1. The number of hydrogen-bond donors (Lipinski definition) is 1. The zero-order chi connectivity index (χ0) is 23.8. The number of para-hydroxylation sites is 1. The Morgan fingerprint density at radius 1 is 0.971 bits per heavy atom. The summed E-state index contributed by atoms with van der Waals surface area (Å²) in [7, 11) is 0. The maximum Gasteiger partial charge on any atom is 0.266 e. The number of fused-ring (bicyclic) bond motifs is 2. The third kappa shape index (κ3) is 3.71. The van der Waals surface area contributed by atoms with Crippen molar-refractivity contribution in [3.8, 4) is 5.75 Å². The standard InChI is InChI=1S/C27H22N2O5/c1-3-33-20-11-9-19(10-12-20)29-26(31)21-13-8-18(14-22(21)27(29)32)25(30)28-16(2)24-15-17-6-4-5-7-23(17)34-24/h4-16H,3H2,1-2H3,(H,28,30). The maximum absolute atomic E-state index is 13.1. The second-order valence-electron chi connectivity index (χ2n) is 8.01. The molecule has 170 valence electrons. The third-order valence-electron chi connectivity index (χ3n) is 5.77. The monoisotopic (exact) mass is 454 g/mol. The van der Waals surface area contributed by atoms with Crippen molar-refractivity contribution in [2.75, 3.05) is 11.5 Å². The molecule has 34 heavy (non-hydrogen) atoms. The van der Waals surface area contributed by atoms with E-state index in [-0.39, 0.29) is 28.6 Å². The predicted octanol–water partition coefficient (Wildman–Crippen LogP) is 5.12. The lowest BCUT2D eigenvalue weighted by Gasteiger charge is -2.14. The van der Waals surface area contributed by atoms with Gasteiger partial charge in [-0.2, -0.15) is 0 Å². The number of carbonyl (C=O) groups excluding carboxylic acids is 3. The fraction of sp³-hybridized carbons (Fsp3) is 0.148. The molecule has 7 nitrogen and oxygen atoms in total. The highest BCUT2D eigenvalue weighted by Crippen LogP contribution is 2.30. The number of imide groups is 1. The molecule has 1 N–H and O–H groups in total. The lowest BCUT2D eigenvalue weighted by molar-refractivity contribution is 0.0921. The first-order valence-electron chi connectivity index (χ1n) is 11.0. The Balaban J connectivity index is 1.36. The second-order valence-corrected chi connectivity index (χ2v) is 8.01. The summed E-state index contributed by atoms with van der Waals surface area (Å²) in [5.74, 6) is 0.0236. The summed E-state index contributed by atoms with van der Waals surface area (Å²) in [6.07, 6.45) is 0. The molecule has 0 radical (unpaired) electrons. The van der Waals surface area contributed by atoms with Crippen molar-refractivity contribution in [2.24, 2.45) is 0 Å². The Morgan fingerprint density at radius 2 is 1.71 bits per heavy atom. The van der Waals surface area contributed by atoms with Crippen LogP contribution < -0.4 is 15.0 Å². The van der Waals surface area contributed by atoms with Gasteiger partial charge in [0.05, 0.1) is 29.5 Å². The predicted molar refractivity (Wildman–Crippen MR) is 127 cm³/mol. The van der Waals surface area contributed by atoms with Crippen LogP contribution in [0.4, 0.5) is 5.69 Å². The van der Waals surface area contributed by atoms with Crippen molar-refractivity contribution in [1.82, 2.24) is 5.32 Å². The van der Waals surface area contributed by atoms with Crippen molar-refractivity contribution in [3.05, 3.63) is 95.2 Å². The average molecular weight is 454 g/mol. The van der Waals surface area contributed by atoms with E-state index >= 15 is 0 Å². The molecule has 4 aromatic rings. The second kappa shape index (κ2) is 8.51. The summed E-state index contributed by atoms with van der Waals surface area (Å²) in [6.45, 7) is 4.22. The molecule has 1 aliphatic heterocycles. The minimum atomic E-state index is -0.468. The molecule has 3 amide bonds. The molecule has 0 aliphatic carbocycles. The number of ether oxygens (including phenoxy) is 1. The Kier molecular flexibility index (Phi) is 5.37. The van der Waals surface area contributed by atoms with E-state index in [2.05, 4.69) is 5.32 Å². The fourth-order valence-electron chi connectivity index (χ4n) is 4.04. The highest BCUT2D eigenvalue weighted by molar-refractivity contribution is 6.34. The lowest BCUT2D eigenvalue weighted by Crippen LogP contribution is -2.29. The van der Waals surface area contributed by atoms with E-state index < -0.39 is 11.8 Å². The highest BCUT2D eigenvalue weighted by atomic mass is 16.5. The summed E-state index contributed by atoms with van der Waals surface area (Å²) < 4.78 is 11.3. The van der Waals surface area contributed by atoms with Crippen molar-refractivity contribution < 1.29 is 23.5 Å². The van der Waals surface area contributed by atoms with Crippen LogP contribution in [0.15, 0.2) is 77.2 Å². The quantitative estimate of drug-likeness (QED) is 0.409. The van der Waals surface area contributed by atoms with E-state index in [9.17, 15) is 14.4 Å². The molecule has 0 fully saturated rings. The number of nitrogens with zero attached hydrogens (tertiary/aromatic N) is 1. The number of carbonyl (C=O) groups is 3. The normalized spacial score (nSPS) is 13.8. The van der Waals surface area contributed by atoms with E-state index in [4.69, 9.17) is 9.15 Å². The van der Waals surface area contributed by atoms with Gasteiger partial charge in [-0.1, -0.05) is 18.2 Å². The molecule has 0 bridgehead atoms. The Labute approximate surface area is 195 Å². The van der Waals surface area contributed by atoms with Gasteiger partial charge in [-0.25, -0.2) is 4.90 Å². The topological polar surface area (TPSA) is 88.8 Å². The van der Waals surface area contributed by atoms with Gasteiger partial charge in [0.2, 0.25) is 0 Å². The highest BCUT2D eigenvalue weighted by Gasteiger charge is 2.37. The van der Waals surface area contributed by atoms with E-state index in [0.717, 1.165) is 15.9 Å². The van der Waals surface area contributed by atoms with Crippen LogP contribution >= 0.6 is 0 Å². The first-order valence-corrected chi connectivity index (χ1v) is 11.0. The van der Waals surface area contributed by atoms with Gasteiger partial charge < -0.3 is 14.5 Å². The van der Waals surface area contributed by atoms with E-state index in [0.29, 0.717) is 23.8 Å². The molecule has 5 rings (SSSR count). The first kappa shape index (κ1) is 21.5. The minimum absolute atomic E-state index is 0.197. The van der Waals surface area contributed by atoms with Crippen LogP contribution in [0, 0.1) is 0 Å². The summed E-state index contributed by atoms with van der Waals surface area (Å²) in [4.78, 5) is 40.0. The van der Waals surface area contributed by atoms with Crippen molar-refractivity contribution in [3.63, 3.8) is 0 Å². The molecule has 1 aromatic heterocycles. The molecule has 7 heteroatoms. The smallest absolute Gasteiger partial charge is 0.266 e. The minimum Gasteiger partial charge on any atom is -0.494 e. The van der Waals surface area contributed by atoms with Gasteiger partial charge in [0.1, 0.15) is 17.1 Å². The molecule has 1 aliphatic rings. The Bertz CT molecular complexity index is 1390. The van der Waals surface area contributed by atoms with Gasteiger partial charge in [-0.05, 0) is 68.4 Å². The molecule has 0 saturated heterocycles. The lowest BCUT2D eigenvalue weighted by atomic mass is 10.0. The number of nitrogens with one attached hydrogen (secondary N) is 1. The summed E-state index contributed by atoms with van der Waals surface area (Å²) in [6, 6.07) is 20.4. The van der Waals surface area contributed by atoms with E-state index in [1.54, 1.807) is 30.3 Å². The summed E-state index contributed by atoms with van der Waals surface area (Å²) in [5, 5.41) is 3.85. The van der Waals surface area contributed by atoms with Gasteiger partial charge in [0.15, 0.2) is 0 Å². The van der Waals surface area contributed by atoms with E-state index in [1.807, 2.05) is 44.2 Å². The average Bonchev–Trinajstić information content (AvgIpc) is 3.39. The van der Waals surface area contributed by atoms with Crippen LogP contribution in [0.1, 0.15) is 56.7 Å². The summed E-state index contributed by atoms with van der Waals surface area (Å²) >= 11 is 0. The number of hydrogen-bond acceptors (Lipinski definition) is 5. The van der Waals surface area contributed by atoms with Crippen LogP contribution in [0.2, 0.25) is 0 Å². The Morgan fingerprint density at radius 3 is 2.44 bits per heavy atom. The Hall–Kier alpha value is -4.39. The zero-order valence-electron chi connectivity index (χ0n) is 18.7. The largest absolute Gasteiger partial charge is 0.494 e. The zero-order valence-corrected chi connectivity index (χ0v) is 18.7.